The number of nitrogens with zero attached hydrogens (tertiary/aromatic N) is 2. The monoisotopic (exact) mass is 494 g/mol. The average molecular weight is 495 g/mol. The first-order valence-corrected chi connectivity index (χ1v) is 10.7. The molecule has 4 rings (SSSR count). The summed E-state index contributed by atoms with van der Waals surface area (Å²) in [6.45, 7) is 0.159. The fourth-order valence-corrected chi connectivity index (χ4v) is 4.15. The van der Waals surface area contributed by atoms with Gasteiger partial charge in [-0.05, 0) is 35.4 Å². The lowest BCUT2D eigenvalue weighted by molar-refractivity contribution is -0.173. The number of halogens is 4. The molecule has 0 aliphatic carbocycles. The fraction of sp³-hybridized carbons (Fsp3) is 0.304. The molecule has 0 saturated heterocycles. The molecule has 0 saturated carbocycles. The van der Waals surface area contributed by atoms with Crippen molar-refractivity contribution in [3.8, 4) is 11.5 Å². The van der Waals surface area contributed by atoms with Crippen molar-refractivity contribution in [2.75, 3.05) is 19.5 Å². The van der Waals surface area contributed by atoms with Crippen LogP contribution < -0.4 is 20.1 Å². The molecule has 0 bridgehead atoms. The first-order chi connectivity index (χ1) is 16.2. The normalized spacial score (nSPS) is 17.5. The highest BCUT2D eigenvalue weighted by atomic mass is 35.5. The lowest BCUT2D eigenvalue weighted by Gasteiger charge is -2.34. The molecule has 0 spiro atoms. The number of carbonyl (C=O) groups excluding carboxylic acids is 1. The van der Waals surface area contributed by atoms with Crippen LogP contribution in [0.1, 0.15) is 40.0 Å². The fourth-order valence-electron chi connectivity index (χ4n) is 3.94. The van der Waals surface area contributed by atoms with Gasteiger partial charge in [-0.25, -0.2) is 4.68 Å². The molecular formula is C23H22ClF3N4O3. The molecular weight excluding hydrogens is 473 g/mol. The Morgan fingerprint density at radius 2 is 1.97 bits per heavy atom. The minimum Gasteiger partial charge on any atom is -0.493 e. The van der Waals surface area contributed by atoms with Crippen LogP contribution in [-0.4, -0.2) is 36.1 Å². The molecule has 1 aromatic heterocycles. The van der Waals surface area contributed by atoms with Gasteiger partial charge in [0.1, 0.15) is 11.4 Å². The molecule has 0 fully saturated rings. The van der Waals surface area contributed by atoms with Crippen LogP contribution in [0.3, 0.4) is 0 Å². The van der Waals surface area contributed by atoms with E-state index in [1.54, 1.807) is 42.5 Å². The van der Waals surface area contributed by atoms with E-state index in [1.165, 1.54) is 14.2 Å². The van der Waals surface area contributed by atoms with E-state index in [9.17, 15) is 18.0 Å². The molecule has 180 valence electrons. The van der Waals surface area contributed by atoms with E-state index >= 15 is 0 Å². The van der Waals surface area contributed by atoms with Crippen molar-refractivity contribution in [2.45, 2.75) is 31.2 Å². The highest BCUT2D eigenvalue weighted by Gasteiger charge is 2.47. The molecule has 11 heteroatoms. The summed E-state index contributed by atoms with van der Waals surface area (Å²) >= 11 is 5.97. The highest BCUT2D eigenvalue weighted by molar-refractivity contribution is 6.30. The third-order valence-electron chi connectivity index (χ3n) is 5.64. The lowest BCUT2D eigenvalue weighted by atomic mass is 9.96. The number of hydrogen-bond acceptors (Lipinski definition) is 5. The number of aromatic nitrogens is 2. The first-order valence-electron chi connectivity index (χ1n) is 10.4. The zero-order valence-electron chi connectivity index (χ0n) is 18.3. The average Bonchev–Trinajstić information content (AvgIpc) is 3.25. The van der Waals surface area contributed by atoms with Gasteiger partial charge < -0.3 is 20.1 Å². The summed E-state index contributed by atoms with van der Waals surface area (Å²) in [5.41, 5.74) is 1.33. The molecule has 3 aromatic rings. The van der Waals surface area contributed by atoms with Crippen LogP contribution in [0, 0.1) is 0 Å². The van der Waals surface area contributed by atoms with Gasteiger partial charge in [0, 0.05) is 18.0 Å². The largest absolute Gasteiger partial charge is 0.493 e. The van der Waals surface area contributed by atoms with Gasteiger partial charge >= 0.3 is 6.18 Å². The van der Waals surface area contributed by atoms with Crippen LogP contribution >= 0.6 is 11.6 Å². The Morgan fingerprint density at radius 1 is 1.21 bits per heavy atom. The Balaban J connectivity index is 1.64. The van der Waals surface area contributed by atoms with Crippen LogP contribution in [0.2, 0.25) is 5.02 Å². The summed E-state index contributed by atoms with van der Waals surface area (Å²) in [6.07, 6.45) is -3.73. The predicted molar refractivity (Wildman–Crippen MR) is 120 cm³/mol. The van der Waals surface area contributed by atoms with Crippen LogP contribution in [0.15, 0.2) is 48.7 Å². The molecule has 2 heterocycles. The maximum absolute atomic E-state index is 13.9. The zero-order valence-corrected chi connectivity index (χ0v) is 19.1. The van der Waals surface area contributed by atoms with Crippen molar-refractivity contribution in [1.82, 2.24) is 15.1 Å². The summed E-state index contributed by atoms with van der Waals surface area (Å²) in [7, 11) is 2.93. The van der Waals surface area contributed by atoms with E-state index in [1.807, 2.05) is 0 Å². The van der Waals surface area contributed by atoms with Crippen molar-refractivity contribution in [1.29, 1.82) is 0 Å². The molecule has 0 radical (unpaired) electrons. The second-order valence-corrected chi connectivity index (χ2v) is 8.20. The number of carbonyl (C=O) groups is 1. The zero-order chi connectivity index (χ0) is 24.5. The van der Waals surface area contributed by atoms with Crippen molar-refractivity contribution in [2.24, 2.45) is 0 Å². The van der Waals surface area contributed by atoms with Crippen molar-refractivity contribution >= 4 is 23.3 Å². The number of benzene rings is 2. The molecule has 1 amide bonds. The molecule has 2 N–H and O–H groups in total. The molecule has 0 unspecified atom stereocenters. The number of nitrogens with one attached hydrogen (secondary N) is 2. The topological polar surface area (TPSA) is 77.4 Å². The Morgan fingerprint density at radius 3 is 2.65 bits per heavy atom. The van der Waals surface area contributed by atoms with E-state index < -0.39 is 24.2 Å². The summed E-state index contributed by atoms with van der Waals surface area (Å²) in [6, 6.07) is 9.19. The Kier molecular flexibility index (Phi) is 6.60. The molecule has 7 nitrogen and oxygen atoms in total. The second kappa shape index (κ2) is 9.46. The SMILES string of the molecule is COc1ccc([C@@H]2C[C@H](C(F)(F)F)n3ncc(C(=O)NCc4cccc(Cl)c4)c3N2)cc1OC. The standard InChI is InChI=1S/C23H22ClF3N4O3/c1-33-18-7-6-14(9-19(18)34-2)17-10-20(23(25,26)27)31-21(30-17)16(12-29-31)22(32)28-11-13-4-3-5-15(24)8-13/h3-9,12,17,20,30H,10-11H2,1-2H3,(H,28,32)/t17-,20+/m0/s1. The van der Waals surface area contributed by atoms with Crippen molar-refractivity contribution in [3.05, 3.63) is 70.4 Å². The van der Waals surface area contributed by atoms with Crippen LogP contribution in [0.4, 0.5) is 19.0 Å². The van der Waals surface area contributed by atoms with Crippen LogP contribution in [0.25, 0.3) is 0 Å². The van der Waals surface area contributed by atoms with E-state index in [0.29, 0.717) is 22.1 Å². The Labute approximate surface area is 198 Å². The number of hydrogen-bond donors (Lipinski definition) is 2. The van der Waals surface area contributed by atoms with Gasteiger partial charge in [-0.15, -0.1) is 0 Å². The minimum atomic E-state index is -4.56. The second-order valence-electron chi connectivity index (χ2n) is 7.77. The van der Waals surface area contributed by atoms with E-state index in [-0.39, 0.29) is 24.3 Å². The molecule has 1 aliphatic rings. The van der Waals surface area contributed by atoms with Gasteiger partial charge in [0.05, 0.1) is 26.5 Å². The number of rotatable bonds is 6. The minimum absolute atomic E-state index is 0.00282. The number of anilines is 1. The van der Waals surface area contributed by atoms with Gasteiger partial charge in [0.2, 0.25) is 0 Å². The molecule has 34 heavy (non-hydrogen) atoms. The highest BCUT2D eigenvalue weighted by Crippen LogP contribution is 2.45. The quantitative estimate of drug-likeness (QED) is 0.496. The van der Waals surface area contributed by atoms with Gasteiger partial charge in [-0.1, -0.05) is 29.8 Å². The number of ether oxygens (including phenoxy) is 2. The first kappa shape index (κ1) is 23.7. The third-order valence-corrected chi connectivity index (χ3v) is 5.87. The van der Waals surface area contributed by atoms with E-state index in [0.717, 1.165) is 16.4 Å². The summed E-state index contributed by atoms with van der Waals surface area (Å²) in [4.78, 5) is 12.9. The van der Waals surface area contributed by atoms with Gasteiger partial charge in [0.15, 0.2) is 17.5 Å². The molecule has 2 aromatic carbocycles. The predicted octanol–water partition coefficient (Wildman–Crippen LogP) is 5.14. The van der Waals surface area contributed by atoms with Gasteiger partial charge in [0.25, 0.3) is 5.91 Å². The van der Waals surface area contributed by atoms with E-state index in [4.69, 9.17) is 21.1 Å². The lowest BCUT2D eigenvalue weighted by Crippen LogP contribution is -2.36. The van der Waals surface area contributed by atoms with Crippen LogP contribution in [0.5, 0.6) is 11.5 Å². The summed E-state index contributed by atoms with van der Waals surface area (Å²) in [5, 5.41) is 10.2. The Hall–Kier alpha value is -3.40. The maximum Gasteiger partial charge on any atom is 0.410 e. The molecule has 1 aliphatic heterocycles. The molecule has 2 atom stereocenters. The van der Waals surface area contributed by atoms with Gasteiger partial charge in [-0.3, -0.25) is 4.79 Å². The number of amides is 1. The van der Waals surface area contributed by atoms with Crippen molar-refractivity contribution < 1.29 is 27.4 Å². The third kappa shape index (κ3) is 4.77. The van der Waals surface area contributed by atoms with Crippen molar-refractivity contribution in [3.63, 3.8) is 0 Å². The maximum atomic E-state index is 13.9. The summed E-state index contributed by atoms with van der Waals surface area (Å²) < 4.78 is 53.2. The number of fused-ring (bicyclic) bond motifs is 1. The Bertz CT molecular complexity index is 1200. The number of alkyl halides is 3. The van der Waals surface area contributed by atoms with E-state index in [2.05, 4.69) is 15.7 Å². The van der Waals surface area contributed by atoms with Crippen LogP contribution in [-0.2, 0) is 6.54 Å². The number of methoxy groups -OCH3 is 2. The van der Waals surface area contributed by atoms with Gasteiger partial charge in [-0.2, -0.15) is 18.3 Å². The summed E-state index contributed by atoms with van der Waals surface area (Å²) in [5.74, 6) is 0.295. The smallest absolute Gasteiger partial charge is 0.410 e.